The van der Waals surface area contributed by atoms with Gasteiger partial charge in [-0.05, 0) is 113 Å². The molecule has 35 heavy (non-hydrogen) atoms. The predicted molar refractivity (Wildman–Crippen MR) is 144 cm³/mol. The summed E-state index contributed by atoms with van der Waals surface area (Å²) in [4.78, 5) is 18.3. The van der Waals surface area contributed by atoms with Crippen molar-refractivity contribution in [1.29, 1.82) is 0 Å². The first kappa shape index (κ1) is 25.8. The lowest BCUT2D eigenvalue weighted by molar-refractivity contribution is 0.0963. The van der Waals surface area contributed by atoms with Gasteiger partial charge < -0.3 is 19.9 Å². The molecule has 1 aromatic carbocycles. The second-order valence-electron chi connectivity index (χ2n) is 10.1. The fourth-order valence-electron chi connectivity index (χ4n) is 5.51. The van der Waals surface area contributed by atoms with E-state index < -0.39 is 0 Å². The Hall–Kier alpha value is -2.24. The predicted octanol–water partition coefficient (Wildman–Crippen LogP) is 6.09. The van der Waals surface area contributed by atoms with Gasteiger partial charge in [-0.15, -0.1) is 0 Å². The summed E-state index contributed by atoms with van der Waals surface area (Å²) in [6.07, 6.45) is 13.6. The van der Waals surface area contributed by atoms with Crippen molar-refractivity contribution in [2.24, 2.45) is 5.92 Å². The van der Waals surface area contributed by atoms with Gasteiger partial charge in [0.25, 0.3) is 5.91 Å². The van der Waals surface area contributed by atoms with Gasteiger partial charge in [0.1, 0.15) is 5.75 Å². The molecule has 0 radical (unpaired) electrons. The highest BCUT2D eigenvalue weighted by Gasteiger charge is 2.26. The fraction of sp³-hybridized carbons (Fsp3) is 0.552. The molecular weight excluding hydrogens is 458 g/mol. The maximum Gasteiger partial charge on any atom is 0.255 e. The molecule has 2 saturated heterocycles. The average Bonchev–Trinajstić information content (AvgIpc) is 2.88. The molecule has 0 bridgehead atoms. The summed E-state index contributed by atoms with van der Waals surface area (Å²) in [5, 5.41) is 3.86. The van der Waals surface area contributed by atoms with E-state index in [4.69, 9.17) is 16.3 Å². The number of nitrogens with zero attached hydrogens (tertiary/aromatic N) is 2. The minimum Gasteiger partial charge on any atom is -0.497 e. The number of amides is 1. The molecule has 0 spiro atoms. The van der Waals surface area contributed by atoms with E-state index in [9.17, 15) is 4.79 Å². The molecule has 2 aliphatic heterocycles. The third-order valence-electron chi connectivity index (χ3n) is 7.63. The lowest BCUT2D eigenvalue weighted by Gasteiger charge is -2.38. The summed E-state index contributed by atoms with van der Waals surface area (Å²) >= 11 is 6.52. The SMILES string of the molecule is COc1ccc(C(=O)NC2=CC(Cl)=CCCC(C)=C2N2CCC(CCN3CCCCC3)CC2)cc1. The van der Waals surface area contributed by atoms with Gasteiger partial charge in [-0.2, -0.15) is 0 Å². The van der Waals surface area contributed by atoms with Crippen LogP contribution in [0.25, 0.3) is 0 Å². The maximum atomic E-state index is 13.1. The number of rotatable bonds is 7. The summed E-state index contributed by atoms with van der Waals surface area (Å²) in [6, 6.07) is 7.20. The van der Waals surface area contributed by atoms with Crippen molar-refractivity contribution in [2.75, 3.05) is 39.8 Å². The normalized spacial score (nSPS) is 20.6. The number of hydrogen-bond acceptors (Lipinski definition) is 4. The molecule has 0 atom stereocenters. The molecule has 5 nitrogen and oxygen atoms in total. The Morgan fingerprint density at radius 2 is 1.80 bits per heavy atom. The van der Waals surface area contributed by atoms with Gasteiger partial charge >= 0.3 is 0 Å². The highest BCUT2D eigenvalue weighted by Crippen LogP contribution is 2.31. The zero-order valence-corrected chi connectivity index (χ0v) is 22.1. The van der Waals surface area contributed by atoms with E-state index in [1.807, 2.05) is 24.3 Å². The molecule has 2 fully saturated rings. The summed E-state index contributed by atoms with van der Waals surface area (Å²) in [6.45, 7) is 8.04. The minimum absolute atomic E-state index is 0.134. The van der Waals surface area contributed by atoms with Crippen LogP contribution < -0.4 is 10.1 Å². The lowest BCUT2D eigenvalue weighted by atomic mass is 9.91. The number of carbonyl (C=O) groups excluding carboxylic acids is 1. The molecule has 2 heterocycles. The first-order chi connectivity index (χ1) is 17.0. The van der Waals surface area contributed by atoms with Crippen molar-refractivity contribution >= 4 is 17.5 Å². The van der Waals surface area contributed by atoms with E-state index in [1.165, 1.54) is 63.7 Å². The van der Waals surface area contributed by atoms with E-state index in [-0.39, 0.29) is 5.91 Å². The largest absolute Gasteiger partial charge is 0.497 e. The van der Waals surface area contributed by atoms with E-state index in [2.05, 4.69) is 22.0 Å². The Bertz CT molecular complexity index is 953. The van der Waals surface area contributed by atoms with E-state index in [0.29, 0.717) is 10.6 Å². The van der Waals surface area contributed by atoms with Gasteiger partial charge in [0, 0.05) is 23.7 Å². The van der Waals surface area contributed by atoms with Crippen molar-refractivity contribution in [3.05, 3.63) is 64.0 Å². The van der Waals surface area contributed by atoms with Gasteiger partial charge in [-0.3, -0.25) is 4.79 Å². The molecule has 190 valence electrons. The fourth-order valence-corrected chi connectivity index (χ4v) is 5.72. The van der Waals surface area contributed by atoms with Crippen LogP contribution in [0.3, 0.4) is 0 Å². The zero-order chi connectivity index (χ0) is 24.6. The highest BCUT2D eigenvalue weighted by molar-refractivity contribution is 6.31. The second-order valence-corrected chi connectivity index (χ2v) is 10.6. The number of ether oxygens (including phenoxy) is 1. The zero-order valence-electron chi connectivity index (χ0n) is 21.3. The molecule has 0 saturated carbocycles. The quantitative estimate of drug-likeness (QED) is 0.495. The van der Waals surface area contributed by atoms with Gasteiger partial charge in [-0.25, -0.2) is 0 Å². The number of halogens is 1. The average molecular weight is 498 g/mol. The van der Waals surface area contributed by atoms with Crippen LogP contribution in [0.5, 0.6) is 5.75 Å². The smallest absolute Gasteiger partial charge is 0.255 e. The van der Waals surface area contributed by atoms with Gasteiger partial charge in [0.15, 0.2) is 0 Å². The van der Waals surface area contributed by atoms with Gasteiger partial charge in [0.2, 0.25) is 0 Å². The van der Waals surface area contributed by atoms with Crippen LogP contribution in [0.1, 0.15) is 68.6 Å². The molecule has 6 heteroatoms. The van der Waals surface area contributed by atoms with Crippen LogP contribution in [0.4, 0.5) is 0 Å². The van der Waals surface area contributed by atoms with E-state index >= 15 is 0 Å². The molecule has 1 amide bonds. The monoisotopic (exact) mass is 497 g/mol. The number of hydrogen-bond donors (Lipinski definition) is 1. The standard InChI is InChI=1S/C29H40ClN3O2/c1-22-7-6-8-25(30)21-27(31-29(34)24-9-11-26(35-2)12-10-24)28(22)33-19-14-23(15-20-33)13-18-32-16-4-3-5-17-32/h8-12,21,23H,3-7,13-20H2,1-2H3,(H,31,34). The van der Waals surface area contributed by atoms with Crippen LogP contribution in [-0.2, 0) is 0 Å². The number of methoxy groups -OCH3 is 1. The van der Waals surface area contributed by atoms with Crippen molar-refractivity contribution in [2.45, 2.75) is 58.3 Å². The highest BCUT2D eigenvalue weighted by atomic mass is 35.5. The van der Waals surface area contributed by atoms with Crippen molar-refractivity contribution < 1.29 is 9.53 Å². The van der Waals surface area contributed by atoms with Crippen LogP contribution in [0.2, 0.25) is 0 Å². The summed E-state index contributed by atoms with van der Waals surface area (Å²) in [5.41, 5.74) is 3.85. The lowest BCUT2D eigenvalue weighted by Crippen LogP contribution is -2.39. The summed E-state index contributed by atoms with van der Waals surface area (Å²) < 4.78 is 5.23. The number of allylic oxidation sites excluding steroid dienone is 4. The Labute approximate surface area is 215 Å². The molecule has 1 aliphatic carbocycles. The summed E-state index contributed by atoms with van der Waals surface area (Å²) in [5.74, 6) is 1.38. The Kier molecular flexibility index (Phi) is 9.33. The first-order valence-corrected chi connectivity index (χ1v) is 13.6. The first-order valence-electron chi connectivity index (χ1n) is 13.2. The third kappa shape index (κ3) is 7.14. The topological polar surface area (TPSA) is 44.8 Å². The second kappa shape index (κ2) is 12.6. The van der Waals surface area contributed by atoms with Crippen LogP contribution in [-0.4, -0.2) is 55.5 Å². The number of nitrogens with one attached hydrogen (secondary N) is 1. The Morgan fingerprint density at radius 1 is 1.09 bits per heavy atom. The summed E-state index contributed by atoms with van der Waals surface area (Å²) in [7, 11) is 1.62. The van der Waals surface area contributed by atoms with Crippen molar-refractivity contribution in [3.8, 4) is 5.75 Å². The Balaban J connectivity index is 1.43. The molecule has 1 aromatic rings. The van der Waals surface area contributed by atoms with E-state index in [1.54, 1.807) is 19.2 Å². The van der Waals surface area contributed by atoms with Gasteiger partial charge in [0.05, 0.1) is 18.5 Å². The van der Waals surface area contributed by atoms with Crippen LogP contribution >= 0.6 is 11.6 Å². The van der Waals surface area contributed by atoms with E-state index in [0.717, 1.165) is 49.0 Å². The molecule has 1 N–H and O–H groups in total. The number of benzene rings is 1. The molecule has 0 aromatic heterocycles. The minimum atomic E-state index is -0.134. The molecule has 0 unspecified atom stereocenters. The molecule has 4 rings (SSSR count). The molecule has 3 aliphatic rings. The van der Waals surface area contributed by atoms with Gasteiger partial charge in [-0.1, -0.05) is 24.1 Å². The Morgan fingerprint density at radius 3 is 2.49 bits per heavy atom. The van der Waals surface area contributed by atoms with Crippen molar-refractivity contribution in [1.82, 2.24) is 15.1 Å². The van der Waals surface area contributed by atoms with Crippen LogP contribution in [0.15, 0.2) is 58.4 Å². The maximum absolute atomic E-state index is 13.1. The van der Waals surface area contributed by atoms with Crippen molar-refractivity contribution in [3.63, 3.8) is 0 Å². The third-order valence-corrected chi connectivity index (χ3v) is 7.90. The van der Waals surface area contributed by atoms with Crippen LogP contribution in [0, 0.1) is 5.92 Å². The molecular formula is C29H40ClN3O2. The number of carbonyl (C=O) groups is 1. The number of piperidine rings is 2. The number of likely N-dealkylation sites (tertiary alicyclic amines) is 2.